The van der Waals surface area contributed by atoms with Crippen molar-refractivity contribution in [1.82, 2.24) is 9.55 Å². The van der Waals surface area contributed by atoms with Gasteiger partial charge in [0.05, 0.1) is 0 Å². The van der Waals surface area contributed by atoms with Crippen LogP contribution in [0.15, 0.2) is 12.4 Å². The predicted octanol–water partition coefficient (Wildman–Crippen LogP) is 2.00. The molecule has 1 aromatic heterocycles. The van der Waals surface area contributed by atoms with Gasteiger partial charge in [-0.1, -0.05) is 20.3 Å². The van der Waals surface area contributed by atoms with Crippen molar-refractivity contribution < 1.29 is 4.79 Å². The number of aromatic nitrogens is 2. The van der Waals surface area contributed by atoms with Gasteiger partial charge < -0.3 is 10.3 Å². The van der Waals surface area contributed by atoms with Crippen LogP contribution in [0.1, 0.15) is 39.5 Å². The standard InChI is InChI=1S/C14H24N4O/c1-10(2)9-18-7-6-16-14(18)17-13(19)11-4-3-5-12(15)8-11/h6-7,10-12H,3-5,8-9,15H2,1-2H3,(H,16,17,19). The monoisotopic (exact) mass is 264 g/mol. The zero-order chi connectivity index (χ0) is 13.8. The highest BCUT2D eigenvalue weighted by atomic mass is 16.2. The number of hydrogen-bond donors (Lipinski definition) is 2. The van der Waals surface area contributed by atoms with Crippen LogP contribution in [0.2, 0.25) is 0 Å². The van der Waals surface area contributed by atoms with Gasteiger partial charge in [0.25, 0.3) is 0 Å². The second kappa shape index (κ2) is 6.19. The highest BCUT2D eigenvalue weighted by molar-refractivity contribution is 5.91. The van der Waals surface area contributed by atoms with E-state index in [0.29, 0.717) is 11.9 Å². The predicted molar refractivity (Wildman–Crippen MR) is 75.6 cm³/mol. The molecule has 1 amide bonds. The summed E-state index contributed by atoms with van der Waals surface area (Å²) in [5, 5.41) is 2.94. The van der Waals surface area contributed by atoms with Crippen molar-refractivity contribution in [1.29, 1.82) is 0 Å². The molecule has 0 bridgehead atoms. The van der Waals surface area contributed by atoms with Crippen LogP contribution in [0.4, 0.5) is 5.95 Å². The Morgan fingerprint density at radius 3 is 3.05 bits per heavy atom. The van der Waals surface area contributed by atoms with Crippen LogP contribution in [0.3, 0.4) is 0 Å². The number of amides is 1. The van der Waals surface area contributed by atoms with Crippen LogP contribution in [0.25, 0.3) is 0 Å². The van der Waals surface area contributed by atoms with E-state index in [1.807, 2.05) is 10.8 Å². The molecule has 19 heavy (non-hydrogen) atoms. The fourth-order valence-corrected chi connectivity index (χ4v) is 2.65. The molecule has 5 heteroatoms. The van der Waals surface area contributed by atoms with Crippen molar-refractivity contribution in [3.8, 4) is 0 Å². The molecule has 2 atom stereocenters. The smallest absolute Gasteiger partial charge is 0.229 e. The minimum Gasteiger partial charge on any atom is -0.328 e. The van der Waals surface area contributed by atoms with Crippen molar-refractivity contribution >= 4 is 11.9 Å². The lowest BCUT2D eigenvalue weighted by molar-refractivity contribution is -0.121. The molecule has 5 nitrogen and oxygen atoms in total. The average Bonchev–Trinajstić information content (AvgIpc) is 2.75. The number of imidazole rings is 1. The first-order chi connectivity index (χ1) is 9.06. The van der Waals surface area contributed by atoms with Gasteiger partial charge in [-0.15, -0.1) is 0 Å². The van der Waals surface area contributed by atoms with E-state index < -0.39 is 0 Å². The van der Waals surface area contributed by atoms with E-state index in [0.717, 1.165) is 32.2 Å². The molecule has 2 rings (SSSR count). The molecule has 1 saturated carbocycles. The van der Waals surface area contributed by atoms with E-state index in [-0.39, 0.29) is 17.9 Å². The highest BCUT2D eigenvalue weighted by Crippen LogP contribution is 2.24. The van der Waals surface area contributed by atoms with Crippen LogP contribution >= 0.6 is 0 Å². The fourth-order valence-electron chi connectivity index (χ4n) is 2.65. The molecule has 1 aliphatic rings. The normalized spacial score (nSPS) is 23.6. The quantitative estimate of drug-likeness (QED) is 0.873. The Hall–Kier alpha value is -1.36. The maximum absolute atomic E-state index is 12.2. The van der Waals surface area contributed by atoms with E-state index >= 15 is 0 Å². The van der Waals surface area contributed by atoms with Crippen LogP contribution in [-0.2, 0) is 11.3 Å². The van der Waals surface area contributed by atoms with Gasteiger partial charge in [-0.05, 0) is 25.2 Å². The minimum atomic E-state index is 0.0351. The lowest BCUT2D eigenvalue weighted by atomic mass is 9.85. The third-order valence-electron chi connectivity index (χ3n) is 3.60. The number of nitrogens with zero attached hydrogens (tertiary/aromatic N) is 2. The van der Waals surface area contributed by atoms with Crippen molar-refractivity contribution in [3.05, 3.63) is 12.4 Å². The van der Waals surface area contributed by atoms with Gasteiger partial charge in [-0.3, -0.25) is 10.1 Å². The lowest BCUT2D eigenvalue weighted by Gasteiger charge is -2.25. The molecule has 1 aromatic rings. The molecule has 3 N–H and O–H groups in total. The Labute approximate surface area is 114 Å². The third-order valence-corrected chi connectivity index (χ3v) is 3.60. The Balaban J connectivity index is 1.96. The van der Waals surface area contributed by atoms with Crippen molar-refractivity contribution in [2.75, 3.05) is 5.32 Å². The SMILES string of the molecule is CC(C)Cn1ccnc1NC(=O)C1CCCC(N)C1. The largest absolute Gasteiger partial charge is 0.328 e. The Bertz CT molecular complexity index is 427. The molecule has 0 aliphatic heterocycles. The first kappa shape index (κ1) is 14.1. The van der Waals surface area contributed by atoms with Crippen LogP contribution < -0.4 is 11.1 Å². The molecule has 0 spiro atoms. The van der Waals surface area contributed by atoms with Gasteiger partial charge in [0.2, 0.25) is 11.9 Å². The van der Waals surface area contributed by atoms with Gasteiger partial charge >= 0.3 is 0 Å². The number of nitrogens with one attached hydrogen (secondary N) is 1. The van der Waals surface area contributed by atoms with Gasteiger partial charge in [0, 0.05) is 30.9 Å². The molecule has 1 fully saturated rings. The molecule has 106 valence electrons. The molecule has 1 heterocycles. The van der Waals surface area contributed by atoms with Crippen LogP contribution in [0.5, 0.6) is 0 Å². The van der Waals surface area contributed by atoms with Crippen LogP contribution in [0, 0.1) is 11.8 Å². The van der Waals surface area contributed by atoms with E-state index in [1.165, 1.54) is 0 Å². The first-order valence-electron chi connectivity index (χ1n) is 7.14. The number of hydrogen-bond acceptors (Lipinski definition) is 3. The summed E-state index contributed by atoms with van der Waals surface area (Å²) >= 11 is 0. The topological polar surface area (TPSA) is 72.9 Å². The Kier molecular flexibility index (Phi) is 4.58. The molecule has 2 unspecified atom stereocenters. The summed E-state index contributed by atoms with van der Waals surface area (Å²) < 4.78 is 1.99. The molecule has 0 radical (unpaired) electrons. The van der Waals surface area contributed by atoms with Crippen LogP contribution in [-0.4, -0.2) is 21.5 Å². The summed E-state index contributed by atoms with van der Waals surface area (Å²) in [6.45, 7) is 5.15. The summed E-state index contributed by atoms with van der Waals surface area (Å²) in [6.07, 6.45) is 7.43. The average molecular weight is 264 g/mol. The molecule has 0 aromatic carbocycles. The second-order valence-corrected chi connectivity index (χ2v) is 5.91. The van der Waals surface area contributed by atoms with Gasteiger partial charge in [-0.25, -0.2) is 4.98 Å². The van der Waals surface area contributed by atoms with E-state index in [4.69, 9.17) is 5.73 Å². The van der Waals surface area contributed by atoms with Crippen molar-refractivity contribution in [3.63, 3.8) is 0 Å². The highest BCUT2D eigenvalue weighted by Gasteiger charge is 2.26. The number of carbonyl (C=O) groups is 1. The number of rotatable bonds is 4. The fraction of sp³-hybridized carbons (Fsp3) is 0.714. The molecule has 1 aliphatic carbocycles. The Morgan fingerprint density at radius 2 is 2.37 bits per heavy atom. The Morgan fingerprint density at radius 1 is 1.58 bits per heavy atom. The summed E-state index contributed by atoms with van der Waals surface area (Å²) in [4.78, 5) is 16.5. The summed E-state index contributed by atoms with van der Waals surface area (Å²) in [5.41, 5.74) is 5.93. The summed E-state index contributed by atoms with van der Waals surface area (Å²) in [7, 11) is 0. The van der Waals surface area contributed by atoms with E-state index in [1.54, 1.807) is 6.20 Å². The zero-order valence-electron chi connectivity index (χ0n) is 11.8. The van der Waals surface area contributed by atoms with Crippen molar-refractivity contribution in [2.24, 2.45) is 17.6 Å². The zero-order valence-corrected chi connectivity index (χ0v) is 11.8. The number of nitrogens with two attached hydrogens (primary N) is 1. The summed E-state index contributed by atoms with van der Waals surface area (Å²) in [6, 6.07) is 0.167. The molecular formula is C14H24N4O. The van der Waals surface area contributed by atoms with Gasteiger partial charge in [0.1, 0.15) is 0 Å². The van der Waals surface area contributed by atoms with Gasteiger partial charge in [-0.2, -0.15) is 0 Å². The number of carbonyl (C=O) groups excluding carboxylic acids is 1. The maximum Gasteiger partial charge on any atom is 0.229 e. The van der Waals surface area contributed by atoms with Crippen molar-refractivity contribution in [2.45, 2.75) is 52.1 Å². The maximum atomic E-state index is 12.2. The number of anilines is 1. The molecular weight excluding hydrogens is 240 g/mol. The second-order valence-electron chi connectivity index (χ2n) is 5.91. The lowest BCUT2D eigenvalue weighted by Crippen LogP contribution is -2.34. The minimum absolute atomic E-state index is 0.0351. The third kappa shape index (κ3) is 3.80. The van der Waals surface area contributed by atoms with Gasteiger partial charge in [0.15, 0.2) is 0 Å². The summed E-state index contributed by atoms with van der Waals surface area (Å²) in [5.74, 6) is 1.27. The first-order valence-corrected chi connectivity index (χ1v) is 7.14. The van der Waals surface area contributed by atoms with E-state index in [2.05, 4.69) is 24.1 Å². The van der Waals surface area contributed by atoms with E-state index in [9.17, 15) is 4.79 Å². The molecule has 0 saturated heterocycles.